The second-order valence-electron chi connectivity index (χ2n) is 4.09. The minimum Gasteiger partial charge on any atom is -0.270 e. The van der Waals surface area contributed by atoms with Crippen LogP contribution in [-0.4, -0.2) is 0 Å². The molecule has 0 aromatic carbocycles. The highest BCUT2D eigenvalue weighted by Crippen LogP contribution is 2.23. The Bertz CT molecular complexity index is 370. The van der Waals surface area contributed by atoms with E-state index in [1.54, 1.807) is 14.8 Å². The molecule has 18 heavy (non-hydrogen) atoms. The molecule has 0 radical (unpaired) electrons. The summed E-state index contributed by atoms with van der Waals surface area (Å²) in [5, 5.41) is 0. The van der Waals surface area contributed by atoms with Gasteiger partial charge < -0.3 is 0 Å². The molecule has 0 bridgehead atoms. The largest absolute Gasteiger partial charge is 0.270 e. The second-order valence-corrected chi connectivity index (χ2v) is 6.71. The molecule has 0 rings (SSSR count). The van der Waals surface area contributed by atoms with E-state index in [-0.39, 0.29) is 8.46 Å². The van der Waals surface area contributed by atoms with Gasteiger partial charge in [-0.1, -0.05) is 44.4 Å². The quantitative estimate of drug-likeness (QED) is 0.194. The molecular weight excluding hydrogens is 374 g/mol. The Morgan fingerprint density at radius 3 is 2.56 bits per heavy atom. The molecule has 0 aromatic heterocycles. The molecule has 0 aliphatic carbocycles. The van der Waals surface area contributed by atoms with Gasteiger partial charge in [0.1, 0.15) is 0 Å². The molecule has 0 N–H and O–H groups in total. The summed E-state index contributed by atoms with van der Waals surface area (Å²) in [5.41, 5.74) is 2.58. The molecule has 0 aliphatic rings. The van der Waals surface area contributed by atoms with Crippen molar-refractivity contribution < 1.29 is 4.57 Å². The molecule has 0 fully saturated rings. The van der Waals surface area contributed by atoms with E-state index in [2.05, 4.69) is 53.3 Å². The van der Waals surface area contributed by atoms with E-state index in [0.29, 0.717) is 0 Å². The molecule has 0 aromatic rings. The maximum Gasteiger partial charge on any atom is 0.184 e. The summed E-state index contributed by atoms with van der Waals surface area (Å²) in [5.74, 6) is 1.62. The Morgan fingerprint density at radius 2 is 1.94 bits per heavy atom. The summed E-state index contributed by atoms with van der Waals surface area (Å²) in [6.45, 7) is 6.34. The van der Waals surface area contributed by atoms with Crippen molar-refractivity contribution in [3.63, 3.8) is 0 Å². The van der Waals surface area contributed by atoms with Crippen LogP contribution in [0.15, 0.2) is 46.2 Å². The number of halogens is 1. The zero-order valence-corrected chi connectivity index (χ0v) is 15.0. The van der Waals surface area contributed by atoms with Crippen LogP contribution in [0.2, 0.25) is 0 Å². The first-order chi connectivity index (χ1) is 8.60. The third-order valence-electron chi connectivity index (χ3n) is 2.40. The molecule has 0 saturated heterocycles. The number of hydrogen-bond acceptors (Lipinski definition) is 2. The fourth-order valence-electron chi connectivity index (χ4n) is 1.30. The van der Waals surface area contributed by atoms with Crippen molar-refractivity contribution >= 4 is 38.6 Å². The van der Waals surface area contributed by atoms with Crippen molar-refractivity contribution in [2.24, 2.45) is 0 Å². The highest BCUT2D eigenvalue weighted by Gasteiger charge is 1.90. The minimum atomic E-state index is 0.0710. The maximum atomic E-state index is 10.3. The lowest BCUT2D eigenvalue weighted by molar-refractivity contribution is 0.603. The normalized spacial score (nSPS) is 14.8. The molecule has 1 nitrogen and oxygen atoms in total. The molecule has 0 aliphatic heterocycles. The van der Waals surface area contributed by atoms with E-state index >= 15 is 0 Å². The summed E-state index contributed by atoms with van der Waals surface area (Å²) in [4.78, 5) is 1.38. The van der Waals surface area contributed by atoms with Gasteiger partial charge in [0.2, 0.25) is 0 Å². The van der Waals surface area contributed by atoms with E-state index < -0.39 is 0 Å². The average molecular weight is 394 g/mol. The van der Waals surface area contributed by atoms with Crippen molar-refractivity contribution in [3.05, 3.63) is 46.2 Å². The van der Waals surface area contributed by atoms with Gasteiger partial charge in [0, 0.05) is 27.0 Å². The van der Waals surface area contributed by atoms with E-state index in [1.807, 2.05) is 13.0 Å². The SMILES string of the molecule is CC(/C=C/P=O)=C\C/C=C(\C)CC/C=C(\C)SI. The Kier molecular flexibility index (Phi) is 12.3. The maximum absolute atomic E-state index is 10.3. The first-order valence-corrected chi connectivity index (χ1v) is 10.1. The third kappa shape index (κ3) is 11.2. The fourth-order valence-corrected chi connectivity index (χ4v) is 2.31. The highest BCUT2D eigenvalue weighted by molar-refractivity contribution is 14.2. The van der Waals surface area contributed by atoms with Crippen molar-refractivity contribution in [2.45, 2.75) is 40.0 Å². The molecule has 0 unspecified atom stereocenters. The van der Waals surface area contributed by atoms with Crippen LogP contribution >= 0.6 is 38.6 Å². The zero-order chi connectivity index (χ0) is 13.8. The van der Waals surface area contributed by atoms with E-state index in [4.69, 9.17) is 0 Å². The number of allylic oxidation sites excluding steroid dienone is 7. The lowest BCUT2D eigenvalue weighted by atomic mass is 10.1. The Balaban J connectivity index is 4.05. The zero-order valence-electron chi connectivity index (χ0n) is 11.1. The molecule has 100 valence electrons. The van der Waals surface area contributed by atoms with E-state index in [9.17, 15) is 4.57 Å². The van der Waals surface area contributed by atoms with Gasteiger partial charge in [0.25, 0.3) is 0 Å². The summed E-state index contributed by atoms with van der Waals surface area (Å²) < 4.78 is 10.3. The van der Waals surface area contributed by atoms with Gasteiger partial charge >= 0.3 is 0 Å². The predicted molar refractivity (Wildman–Crippen MR) is 93.5 cm³/mol. The smallest absolute Gasteiger partial charge is 0.184 e. The van der Waals surface area contributed by atoms with Gasteiger partial charge in [-0.2, -0.15) is 0 Å². The fraction of sp³-hybridized carbons (Fsp3) is 0.429. The van der Waals surface area contributed by atoms with Crippen molar-refractivity contribution in [1.82, 2.24) is 0 Å². The van der Waals surface area contributed by atoms with Gasteiger partial charge in [-0.3, -0.25) is 4.57 Å². The van der Waals surface area contributed by atoms with Crippen molar-refractivity contribution in [2.75, 3.05) is 0 Å². The summed E-state index contributed by atoms with van der Waals surface area (Å²) >= 11 is 2.31. The van der Waals surface area contributed by atoms with Crippen LogP contribution in [0.25, 0.3) is 0 Å². The van der Waals surface area contributed by atoms with Crippen LogP contribution in [0.1, 0.15) is 40.0 Å². The predicted octanol–water partition coefficient (Wildman–Crippen LogP) is 6.84. The monoisotopic (exact) mass is 394 g/mol. The standard InChI is InChI=1S/C14H20IOPS/c1-12(8-5-9-14(3)18-15)6-4-7-13(2)10-11-17-16/h6-7,9-11H,4-5,8H2,1-3H3/b11-10+,12-6+,13-7+,14-9+. The van der Waals surface area contributed by atoms with Crippen LogP contribution < -0.4 is 0 Å². The molecule has 0 saturated carbocycles. The molecule has 0 spiro atoms. The van der Waals surface area contributed by atoms with E-state index in [0.717, 1.165) is 24.8 Å². The topological polar surface area (TPSA) is 17.1 Å². The van der Waals surface area contributed by atoms with Crippen LogP contribution in [0, 0.1) is 0 Å². The van der Waals surface area contributed by atoms with Gasteiger partial charge in [0.15, 0.2) is 8.46 Å². The first kappa shape index (κ1) is 18.1. The van der Waals surface area contributed by atoms with Gasteiger partial charge in [-0.25, -0.2) is 0 Å². The lowest BCUT2D eigenvalue weighted by Gasteiger charge is -1.98. The van der Waals surface area contributed by atoms with E-state index in [1.165, 1.54) is 10.5 Å². The van der Waals surface area contributed by atoms with Crippen LogP contribution in [-0.2, 0) is 4.57 Å². The summed E-state index contributed by atoms with van der Waals surface area (Å²) in [7, 11) is 1.85. The van der Waals surface area contributed by atoms with Crippen molar-refractivity contribution in [1.29, 1.82) is 0 Å². The minimum absolute atomic E-state index is 0.0710. The van der Waals surface area contributed by atoms with Gasteiger partial charge in [0.05, 0.1) is 0 Å². The van der Waals surface area contributed by atoms with Gasteiger partial charge in [-0.15, -0.1) is 0 Å². The number of rotatable bonds is 8. The molecular formula is C14H20IOPS. The summed E-state index contributed by atoms with van der Waals surface area (Å²) in [6, 6.07) is 0. The average Bonchev–Trinajstić information content (AvgIpc) is 2.36. The van der Waals surface area contributed by atoms with Crippen LogP contribution in [0.4, 0.5) is 0 Å². The number of hydrogen-bond donors (Lipinski definition) is 0. The van der Waals surface area contributed by atoms with Crippen LogP contribution in [0.3, 0.4) is 0 Å². The molecule has 4 heteroatoms. The third-order valence-corrected chi connectivity index (χ3v) is 5.16. The van der Waals surface area contributed by atoms with Crippen molar-refractivity contribution in [3.8, 4) is 0 Å². The summed E-state index contributed by atoms with van der Waals surface area (Å²) in [6.07, 6.45) is 11.7. The lowest BCUT2D eigenvalue weighted by Crippen LogP contribution is -1.77. The Morgan fingerprint density at radius 1 is 1.22 bits per heavy atom. The highest BCUT2D eigenvalue weighted by atomic mass is 127. The Hall–Kier alpha value is 0.140. The van der Waals surface area contributed by atoms with Gasteiger partial charge in [-0.05, 0) is 44.9 Å². The molecule has 0 amide bonds. The Labute approximate surface area is 129 Å². The molecule has 0 heterocycles. The van der Waals surface area contributed by atoms with Crippen LogP contribution in [0.5, 0.6) is 0 Å². The second kappa shape index (κ2) is 12.2. The molecule has 0 atom stereocenters. The first-order valence-electron chi connectivity index (χ1n) is 5.87.